The summed E-state index contributed by atoms with van der Waals surface area (Å²) in [4.78, 5) is 0. The van der Waals surface area contributed by atoms with Crippen molar-refractivity contribution in [1.29, 1.82) is 0 Å². The third-order valence-corrected chi connectivity index (χ3v) is 3.26. The second-order valence-corrected chi connectivity index (χ2v) is 4.45. The van der Waals surface area contributed by atoms with Crippen LogP contribution in [0.1, 0.15) is 5.01 Å². The molecule has 0 aliphatic heterocycles. The molecule has 1 aromatic carbocycles. The average molecular weight is 253 g/mol. The van der Waals surface area contributed by atoms with Crippen molar-refractivity contribution in [3.05, 3.63) is 29.0 Å². The standard InChI is InChI=1S/C11H12FN3OS/c1-16-9-6-7(2-3-8(9)12)11-15-14-10(17-11)4-5-13/h2-3,6H,4-5,13H2,1H3. The van der Waals surface area contributed by atoms with E-state index in [0.29, 0.717) is 13.0 Å². The van der Waals surface area contributed by atoms with E-state index >= 15 is 0 Å². The summed E-state index contributed by atoms with van der Waals surface area (Å²) >= 11 is 1.46. The summed E-state index contributed by atoms with van der Waals surface area (Å²) in [6.07, 6.45) is 0.704. The predicted octanol–water partition coefficient (Wildman–Crippen LogP) is 1.85. The zero-order chi connectivity index (χ0) is 12.3. The molecule has 2 rings (SSSR count). The maximum atomic E-state index is 13.2. The molecule has 1 heterocycles. The van der Waals surface area contributed by atoms with Crippen LogP contribution in [-0.4, -0.2) is 23.9 Å². The van der Waals surface area contributed by atoms with E-state index in [1.807, 2.05) is 0 Å². The quantitative estimate of drug-likeness (QED) is 0.903. The smallest absolute Gasteiger partial charge is 0.165 e. The topological polar surface area (TPSA) is 61.0 Å². The van der Waals surface area contributed by atoms with Gasteiger partial charge in [0.1, 0.15) is 10.0 Å². The Bertz CT molecular complexity index is 515. The van der Waals surface area contributed by atoms with Crippen molar-refractivity contribution in [2.75, 3.05) is 13.7 Å². The number of nitrogens with two attached hydrogens (primary N) is 1. The highest BCUT2D eigenvalue weighted by molar-refractivity contribution is 7.14. The van der Waals surface area contributed by atoms with Gasteiger partial charge in [-0.25, -0.2) is 4.39 Å². The number of hydrogen-bond acceptors (Lipinski definition) is 5. The van der Waals surface area contributed by atoms with Crippen LogP contribution in [0.15, 0.2) is 18.2 Å². The monoisotopic (exact) mass is 253 g/mol. The molecule has 0 atom stereocenters. The first-order valence-corrected chi connectivity index (χ1v) is 5.92. The van der Waals surface area contributed by atoms with Crippen LogP contribution in [0.3, 0.4) is 0 Å². The molecular weight excluding hydrogens is 241 g/mol. The van der Waals surface area contributed by atoms with Gasteiger partial charge in [-0.3, -0.25) is 0 Å². The van der Waals surface area contributed by atoms with E-state index in [2.05, 4.69) is 10.2 Å². The highest BCUT2D eigenvalue weighted by Gasteiger charge is 2.09. The summed E-state index contributed by atoms with van der Waals surface area (Å²) in [6, 6.07) is 4.63. The first-order chi connectivity index (χ1) is 8.24. The summed E-state index contributed by atoms with van der Waals surface area (Å²) in [5, 5.41) is 9.68. The normalized spacial score (nSPS) is 10.5. The van der Waals surface area contributed by atoms with E-state index in [9.17, 15) is 4.39 Å². The van der Waals surface area contributed by atoms with Crippen LogP contribution in [0.25, 0.3) is 10.6 Å². The lowest BCUT2D eigenvalue weighted by molar-refractivity contribution is 0.387. The fraction of sp³-hybridized carbons (Fsp3) is 0.273. The Morgan fingerprint density at radius 2 is 2.24 bits per heavy atom. The number of rotatable bonds is 4. The molecule has 4 nitrogen and oxygen atoms in total. The van der Waals surface area contributed by atoms with Crippen LogP contribution in [0.2, 0.25) is 0 Å². The van der Waals surface area contributed by atoms with E-state index in [0.717, 1.165) is 15.6 Å². The van der Waals surface area contributed by atoms with E-state index in [4.69, 9.17) is 10.5 Å². The molecule has 6 heteroatoms. The van der Waals surface area contributed by atoms with Crippen molar-refractivity contribution in [2.24, 2.45) is 5.73 Å². The van der Waals surface area contributed by atoms with Gasteiger partial charge in [0.15, 0.2) is 11.6 Å². The Morgan fingerprint density at radius 3 is 2.94 bits per heavy atom. The number of methoxy groups -OCH3 is 1. The van der Waals surface area contributed by atoms with Gasteiger partial charge in [-0.2, -0.15) is 0 Å². The molecule has 0 bridgehead atoms. The highest BCUT2D eigenvalue weighted by atomic mass is 32.1. The SMILES string of the molecule is COc1cc(-c2nnc(CCN)s2)ccc1F. The van der Waals surface area contributed by atoms with Crippen LogP contribution in [0, 0.1) is 5.82 Å². The summed E-state index contributed by atoms with van der Waals surface area (Å²) in [6.45, 7) is 0.543. The molecule has 90 valence electrons. The van der Waals surface area contributed by atoms with Crippen molar-refractivity contribution in [3.63, 3.8) is 0 Å². The second kappa shape index (κ2) is 5.20. The van der Waals surface area contributed by atoms with Crippen molar-refractivity contribution in [2.45, 2.75) is 6.42 Å². The van der Waals surface area contributed by atoms with Crippen molar-refractivity contribution in [1.82, 2.24) is 10.2 Å². The van der Waals surface area contributed by atoms with Crippen LogP contribution >= 0.6 is 11.3 Å². The number of aromatic nitrogens is 2. The zero-order valence-corrected chi connectivity index (χ0v) is 10.1. The van der Waals surface area contributed by atoms with Gasteiger partial charge in [-0.05, 0) is 24.7 Å². The fourth-order valence-electron chi connectivity index (χ4n) is 1.39. The number of benzene rings is 1. The van der Waals surface area contributed by atoms with Crippen molar-refractivity contribution in [3.8, 4) is 16.3 Å². The summed E-state index contributed by atoms with van der Waals surface area (Å²) in [5.41, 5.74) is 6.24. The summed E-state index contributed by atoms with van der Waals surface area (Å²) < 4.78 is 18.2. The van der Waals surface area contributed by atoms with Gasteiger partial charge in [0.25, 0.3) is 0 Å². The molecule has 0 spiro atoms. The Hall–Kier alpha value is -1.53. The lowest BCUT2D eigenvalue weighted by atomic mass is 10.2. The molecule has 0 saturated carbocycles. The van der Waals surface area contributed by atoms with Crippen molar-refractivity contribution >= 4 is 11.3 Å². The second-order valence-electron chi connectivity index (χ2n) is 3.39. The molecule has 2 aromatic rings. The molecule has 0 aliphatic rings. The first-order valence-electron chi connectivity index (χ1n) is 5.11. The third kappa shape index (κ3) is 2.59. The van der Waals surface area contributed by atoms with E-state index in [-0.39, 0.29) is 11.6 Å². The molecule has 1 aromatic heterocycles. The molecule has 0 saturated heterocycles. The van der Waals surface area contributed by atoms with Gasteiger partial charge in [-0.1, -0.05) is 11.3 Å². The number of nitrogens with zero attached hydrogens (tertiary/aromatic N) is 2. The lowest BCUT2D eigenvalue weighted by Gasteiger charge is -2.02. The van der Waals surface area contributed by atoms with Crippen LogP contribution in [0.5, 0.6) is 5.75 Å². The number of ether oxygens (including phenoxy) is 1. The predicted molar refractivity (Wildman–Crippen MR) is 64.6 cm³/mol. The molecule has 0 unspecified atom stereocenters. The minimum atomic E-state index is -0.386. The maximum Gasteiger partial charge on any atom is 0.165 e. The molecule has 0 radical (unpaired) electrons. The minimum absolute atomic E-state index is 0.207. The first kappa shape index (κ1) is 11.9. The summed E-state index contributed by atoms with van der Waals surface area (Å²) in [5.74, 6) is -0.180. The summed E-state index contributed by atoms with van der Waals surface area (Å²) in [7, 11) is 1.43. The number of hydrogen-bond donors (Lipinski definition) is 1. The Balaban J connectivity index is 2.32. The Labute approximate surface area is 102 Å². The van der Waals surface area contributed by atoms with E-state index in [1.54, 1.807) is 12.1 Å². The van der Waals surface area contributed by atoms with Crippen LogP contribution in [0.4, 0.5) is 4.39 Å². The molecule has 0 fully saturated rings. The van der Waals surface area contributed by atoms with Gasteiger partial charge in [0.05, 0.1) is 7.11 Å². The molecule has 0 amide bonds. The van der Waals surface area contributed by atoms with Crippen LogP contribution < -0.4 is 10.5 Å². The molecule has 17 heavy (non-hydrogen) atoms. The largest absolute Gasteiger partial charge is 0.494 e. The maximum absolute atomic E-state index is 13.2. The van der Waals surface area contributed by atoms with Gasteiger partial charge in [0.2, 0.25) is 0 Å². The van der Waals surface area contributed by atoms with Crippen molar-refractivity contribution < 1.29 is 9.13 Å². The molecule has 0 aliphatic carbocycles. The van der Waals surface area contributed by atoms with E-state index < -0.39 is 0 Å². The average Bonchev–Trinajstić information content (AvgIpc) is 2.79. The zero-order valence-electron chi connectivity index (χ0n) is 9.31. The highest BCUT2D eigenvalue weighted by Crippen LogP contribution is 2.28. The minimum Gasteiger partial charge on any atom is -0.494 e. The van der Waals surface area contributed by atoms with E-state index in [1.165, 1.54) is 24.5 Å². The Kier molecular flexibility index (Phi) is 3.65. The molecule has 2 N–H and O–H groups in total. The Morgan fingerprint density at radius 1 is 1.41 bits per heavy atom. The third-order valence-electron chi connectivity index (χ3n) is 2.22. The van der Waals surface area contributed by atoms with Crippen LogP contribution in [-0.2, 0) is 6.42 Å². The number of halogens is 1. The fourth-order valence-corrected chi connectivity index (χ4v) is 2.24. The van der Waals surface area contributed by atoms with Gasteiger partial charge in [0, 0.05) is 12.0 Å². The molecular formula is C11H12FN3OS. The van der Waals surface area contributed by atoms with Gasteiger partial charge in [-0.15, -0.1) is 10.2 Å². The van der Waals surface area contributed by atoms with Gasteiger partial charge >= 0.3 is 0 Å². The lowest BCUT2D eigenvalue weighted by Crippen LogP contribution is -2.01. The van der Waals surface area contributed by atoms with Gasteiger partial charge < -0.3 is 10.5 Å².